The second-order valence-corrected chi connectivity index (χ2v) is 16.2. The van der Waals surface area contributed by atoms with Crippen molar-refractivity contribution in [2.75, 3.05) is 0 Å². The largest absolute Gasteiger partial charge is 0.278 e. The Labute approximate surface area is 334 Å². The van der Waals surface area contributed by atoms with Gasteiger partial charge >= 0.3 is 0 Å². The van der Waals surface area contributed by atoms with E-state index in [0.717, 1.165) is 65.4 Å². The number of para-hydroxylation sites is 2. The molecule has 0 saturated carbocycles. The minimum absolute atomic E-state index is 0.572. The highest BCUT2D eigenvalue weighted by Crippen LogP contribution is 2.41. The molecule has 8 heteroatoms. The third-order valence-electron chi connectivity index (χ3n) is 10.7. The van der Waals surface area contributed by atoms with E-state index in [4.69, 9.17) is 24.9 Å². The third-order valence-corrected chi connectivity index (χ3v) is 13.0. The number of fused-ring (bicyclic) bond motifs is 9. The van der Waals surface area contributed by atoms with Gasteiger partial charge in [-0.25, -0.2) is 15.0 Å². The Kier molecular flexibility index (Phi) is 7.17. The molecular formula is C49H28N6S2. The molecule has 0 unspecified atom stereocenters. The van der Waals surface area contributed by atoms with Gasteiger partial charge in [-0.15, -0.1) is 22.7 Å². The van der Waals surface area contributed by atoms with E-state index in [1.165, 1.54) is 24.9 Å². The van der Waals surface area contributed by atoms with Gasteiger partial charge in [-0.1, -0.05) is 127 Å². The summed E-state index contributed by atoms with van der Waals surface area (Å²) in [6.07, 6.45) is 0. The molecule has 5 aromatic heterocycles. The van der Waals surface area contributed by atoms with Crippen LogP contribution < -0.4 is 0 Å². The SMILES string of the molecule is c1ccc(-c2nc(-c3ccc(-c4nc(-c5ccc6sc7ccccc7c6c5)nc5c4sc4ccccc45)cc3)nc(-n3c4ccccc4c4ccccc43)n2)cc1. The van der Waals surface area contributed by atoms with E-state index in [1.54, 1.807) is 11.3 Å². The number of nitrogens with zero attached hydrogens (tertiary/aromatic N) is 6. The lowest BCUT2D eigenvalue weighted by Gasteiger charge is -2.11. The normalized spacial score (nSPS) is 11.9. The van der Waals surface area contributed by atoms with Crippen molar-refractivity contribution < 1.29 is 0 Å². The van der Waals surface area contributed by atoms with Crippen LogP contribution >= 0.6 is 22.7 Å². The quantitative estimate of drug-likeness (QED) is 0.175. The van der Waals surface area contributed by atoms with Gasteiger partial charge in [0.15, 0.2) is 17.5 Å². The maximum absolute atomic E-state index is 5.33. The van der Waals surface area contributed by atoms with Crippen molar-refractivity contribution in [3.05, 3.63) is 170 Å². The monoisotopic (exact) mass is 764 g/mol. The molecule has 0 radical (unpaired) electrons. The van der Waals surface area contributed by atoms with Gasteiger partial charge in [0.2, 0.25) is 5.95 Å². The van der Waals surface area contributed by atoms with Crippen molar-refractivity contribution in [2.45, 2.75) is 0 Å². The Bertz CT molecular complexity index is 3480. The van der Waals surface area contributed by atoms with Crippen molar-refractivity contribution in [1.29, 1.82) is 0 Å². The summed E-state index contributed by atoms with van der Waals surface area (Å²) < 4.78 is 6.94. The van der Waals surface area contributed by atoms with Crippen LogP contribution in [0.4, 0.5) is 0 Å². The zero-order valence-corrected chi connectivity index (χ0v) is 31.8. The van der Waals surface area contributed by atoms with Gasteiger partial charge in [-0.3, -0.25) is 4.57 Å². The van der Waals surface area contributed by atoms with Crippen molar-refractivity contribution in [3.63, 3.8) is 0 Å². The summed E-state index contributed by atoms with van der Waals surface area (Å²) in [6.45, 7) is 0. The van der Waals surface area contributed by atoms with Crippen molar-refractivity contribution in [1.82, 2.24) is 29.5 Å². The lowest BCUT2D eigenvalue weighted by atomic mass is 10.1. The van der Waals surface area contributed by atoms with Crippen LogP contribution in [0.5, 0.6) is 0 Å². The summed E-state index contributed by atoms with van der Waals surface area (Å²) in [5.41, 5.74) is 7.77. The first-order valence-electron chi connectivity index (χ1n) is 18.8. The molecule has 6 nitrogen and oxygen atoms in total. The second-order valence-electron chi connectivity index (χ2n) is 14.1. The summed E-state index contributed by atoms with van der Waals surface area (Å²) in [5, 5.41) is 5.93. The molecule has 57 heavy (non-hydrogen) atoms. The molecule has 0 amide bonds. The van der Waals surface area contributed by atoms with Crippen LogP contribution in [0.2, 0.25) is 0 Å². The van der Waals surface area contributed by atoms with E-state index in [1.807, 2.05) is 41.7 Å². The lowest BCUT2D eigenvalue weighted by molar-refractivity contribution is 0.953. The minimum Gasteiger partial charge on any atom is -0.278 e. The van der Waals surface area contributed by atoms with Gasteiger partial charge in [-0.2, -0.15) is 9.97 Å². The first-order chi connectivity index (χ1) is 28.2. The Morgan fingerprint density at radius 3 is 1.60 bits per heavy atom. The summed E-state index contributed by atoms with van der Waals surface area (Å²) in [6, 6.07) is 59.1. The molecule has 0 spiro atoms. The summed E-state index contributed by atoms with van der Waals surface area (Å²) >= 11 is 3.55. The Balaban J connectivity index is 1.02. The van der Waals surface area contributed by atoms with E-state index in [2.05, 4.69) is 144 Å². The predicted molar refractivity (Wildman–Crippen MR) is 237 cm³/mol. The lowest BCUT2D eigenvalue weighted by Crippen LogP contribution is -2.06. The van der Waals surface area contributed by atoms with E-state index in [9.17, 15) is 0 Å². The predicted octanol–water partition coefficient (Wildman–Crippen LogP) is 13.2. The van der Waals surface area contributed by atoms with Crippen LogP contribution in [0.1, 0.15) is 0 Å². The van der Waals surface area contributed by atoms with E-state index in [0.29, 0.717) is 23.4 Å². The minimum atomic E-state index is 0.572. The highest BCUT2D eigenvalue weighted by molar-refractivity contribution is 7.26. The standard InChI is InChI=1S/C49H28N6S2/c1-2-12-30(13-3-1)46-52-47(54-49(53-46)55-38-18-8-4-14-33(38)34-15-5-9-19-39(34)55)31-24-22-29(23-25-31)43-45-44(36-17-7-11-21-41(36)57-45)51-48(50-43)32-26-27-42-37(28-32)35-16-6-10-20-40(35)56-42/h1-28H. The van der Waals surface area contributed by atoms with E-state index >= 15 is 0 Å². The fourth-order valence-corrected chi connectivity index (χ4v) is 10.2. The molecule has 0 aliphatic carbocycles. The molecule has 0 N–H and O–H groups in total. The van der Waals surface area contributed by atoms with Crippen LogP contribution in [0.15, 0.2) is 170 Å². The molecular weight excluding hydrogens is 737 g/mol. The molecule has 0 fully saturated rings. The molecule has 266 valence electrons. The van der Waals surface area contributed by atoms with E-state index < -0.39 is 0 Å². The molecule has 7 aromatic carbocycles. The van der Waals surface area contributed by atoms with Crippen LogP contribution in [0.3, 0.4) is 0 Å². The highest BCUT2D eigenvalue weighted by atomic mass is 32.1. The summed E-state index contributed by atoms with van der Waals surface area (Å²) in [5.74, 6) is 2.49. The van der Waals surface area contributed by atoms with Gasteiger partial charge in [-0.05, 0) is 42.5 Å². The number of hydrogen-bond donors (Lipinski definition) is 0. The Hall–Kier alpha value is -7.13. The first kappa shape index (κ1) is 32.1. The van der Waals surface area contributed by atoms with Crippen LogP contribution in [-0.2, 0) is 0 Å². The smallest absolute Gasteiger partial charge is 0.238 e. The average Bonchev–Trinajstić information content (AvgIpc) is 3.96. The number of aromatic nitrogens is 6. The van der Waals surface area contributed by atoms with Crippen LogP contribution in [0.25, 0.3) is 114 Å². The average molecular weight is 765 g/mol. The maximum Gasteiger partial charge on any atom is 0.238 e. The number of rotatable bonds is 5. The van der Waals surface area contributed by atoms with Crippen LogP contribution in [-0.4, -0.2) is 29.5 Å². The molecule has 12 rings (SSSR count). The van der Waals surface area contributed by atoms with Gasteiger partial charge in [0, 0.05) is 63.3 Å². The topological polar surface area (TPSA) is 69.4 Å². The van der Waals surface area contributed by atoms with Crippen molar-refractivity contribution in [3.8, 4) is 51.4 Å². The number of benzene rings is 7. The molecule has 0 aliphatic rings. The molecule has 0 atom stereocenters. The summed E-state index contributed by atoms with van der Waals surface area (Å²) in [4.78, 5) is 25.9. The van der Waals surface area contributed by atoms with Gasteiger partial charge in [0.1, 0.15) is 0 Å². The number of hydrogen-bond acceptors (Lipinski definition) is 7. The zero-order chi connectivity index (χ0) is 37.5. The Morgan fingerprint density at radius 2 is 0.877 bits per heavy atom. The molecule has 0 saturated heterocycles. The van der Waals surface area contributed by atoms with Crippen molar-refractivity contribution >= 4 is 85.0 Å². The fraction of sp³-hybridized carbons (Fsp3) is 0. The first-order valence-corrected chi connectivity index (χ1v) is 20.4. The molecule has 5 heterocycles. The third kappa shape index (κ3) is 5.19. The van der Waals surface area contributed by atoms with Gasteiger partial charge < -0.3 is 0 Å². The van der Waals surface area contributed by atoms with Gasteiger partial charge in [0.25, 0.3) is 0 Å². The fourth-order valence-electron chi connectivity index (χ4n) is 8.01. The second kappa shape index (κ2) is 12.7. The van der Waals surface area contributed by atoms with Crippen LogP contribution in [0, 0.1) is 0 Å². The molecule has 0 aliphatic heterocycles. The zero-order valence-electron chi connectivity index (χ0n) is 30.2. The summed E-state index contributed by atoms with van der Waals surface area (Å²) in [7, 11) is 0. The van der Waals surface area contributed by atoms with Gasteiger partial charge in [0.05, 0.1) is 26.9 Å². The molecule has 12 aromatic rings. The number of thiophene rings is 2. The highest BCUT2D eigenvalue weighted by Gasteiger charge is 2.20. The Morgan fingerprint density at radius 1 is 0.351 bits per heavy atom. The van der Waals surface area contributed by atoms with Crippen molar-refractivity contribution in [2.24, 2.45) is 0 Å². The maximum atomic E-state index is 5.33. The van der Waals surface area contributed by atoms with E-state index in [-0.39, 0.29) is 0 Å². The molecule has 0 bridgehead atoms.